The van der Waals surface area contributed by atoms with Gasteiger partial charge < -0.3 is 9.32 Å². The van der Waals surface area contributed by atoms with E-state index in [0.29, 0.717) is 0 Å². The fourth-order valence-electron chi connectivity index (χ4n) is 8.11. The highest BCUT2D eigenvalue weighted by Crippen LogP contribution is 2.49. The summed E-state index contributed by atoms with van der Waals surface area (Å²) in [6, 6.07) is 68.0. The molecule has 0 unspecified atom stereocenters. The molecule has 0 bridgehead atoms. The number of nitrogens with zero attached hydrogens (tertiary/aromatic N) is 1. The van der Waals surface area contributed by atoms with E-state index in [9.17, 15) is 0 Å². The Kier molecular flexibility index (Phi) is 6.76. The Morgan fingerprint density at radius 1 is 0.396 bits per heavy atom. The summed E-state index contributed by atoms with van der Waals surface area (Å²) in [5, 5.41) is 9.68. The summed E-state index contributed by atoms with van der Waals surface area (Å²) >= 11 is 1.87. The minimum atomic E-state index is 0.879. The lowest BCUT2D eigenvalue weighted by molar-refractivity contribution is 0.669. The summed E-state index contributed by atoms with van der Waals surface area (Å²) in [4.78, 5) is 2.45. The Hall–Kier alpha value is -6.68. The molecule has 0 saturated carbocycles. The van der Waals surface area contributed by atoms with Crippen molar-refractivity contribution < 1.29 is 4.42 Å². The van der Waals surface area contributed by atoms with Crippen molar-refractivity contribution in [2.75, 3.05) is 4.90 Å². The first kappa shape index (κ1) is 30.0. The summed E-state index contributed by atoms with van der Waals surface area (Å²) in [5.41, 5.74) is 9.90. The van der Waals surface area contributed by atoms with Crippen molar-refractivity contribution in [2.45, 2.75) is 0 Å². The van der Waals surface area contributed by atoms with Crippen LogP contribution in [-0.4, -0.2) is 0 Å². The first-order valence-corrected chi connectivity index (χ1v) is 18.8. The van der Waals surface area contributed by atoms with Crippen LogP contribution in [0.2, 0.25) is 0 Å². The molecule has 0 aliphatic heterocycles. The molecule has 0 fully saturated rings. The zero-order valence-corrected chi connectivity index (χ0v) is 29.5. The van der Waals surface area contributed by atoms with Crippen molar-refractivity contribution in [2.24, 2.45) is 0 Å². The smallest absolute Gasteiger partial charge is 0.136 e. The van der Waals surface area contributed by atoms with Gasteiger partial charge in [-0.25, -0.2) is 0 Å². The van der Waals surface area contributed by atoms with E-state index >= 15 is 0 Å². The number of hydrogen-bond acceptors (Lipinski definition) is 3. The van der Waals surface area contributed by atoms with E-state index < -0.39 is 0 Å². The lowest BCUT2D eigenvalue weighted by Gasteiger charge is -2.27. The van der Waals surface area contributed by atoms with Crippen LogP contribution in [0.5, 0.6) is 0 Å². The average Bonchev–Trinajstić information content (AvgIpc) is 3.80. The molecule has 0 aliphatic carbocycles. The highest BCUT2D eigenvalue weighted by molar-refractivity contribution is 7.26. The van der Waals surface area contributed by atoms with Crippen molar-refractivity contribution in [3.05, 3.63) is 188 Å². The van der Waals surface area contributed by atoms with Gasteiger partial charge in [-0.3, -0.25) is 0 Å². The van der Waals surface area contributed by atoms with Gasteiger partial charge in [-0.15, -0.1) is 11.3 Å². The minimum Gasteiger partial charge on any atom is -0.456 e. The molecule has 0 spiro atoms. The Balaban J connectivity index is 1.19. The Morgan fingerprint density at radius 2 is 1.06 bits per heavy atom. The van der Waals surface area contributed by atoms with Gasteiger partial charge in [0, 0.05) is 42.3 Å². The van der Waals surface area contributed by atoms with Crippen molar-refractivity contribution in [3.8, 4) is 22.3 Å². The van der Waals surface area contributed by atoms with Gasteiger partial charge in [0.15, 0.2) is 0 Å². The highest BCUT2D eigenvalue weighted by atomic mass is 32.1. The Bertz CT molecular complexity index is 3180. The normalized spacial score (nSPS) is 11.8. The standard InChI is InChI=1S/C50H31NOS/c1-3-11-32(12-4-1)36-22-25-41-44-31-38(24-28-46(44)52-47(41)29-36)51(37-23-21-35-20-19-34-15-7-8-16-39(34)43(35)30-37)45-27-26-40(33-13-5-2-6-14-33)50-49(45)42-17-9-10-18-48(42)53-50/h1-31H. The van der Waals surface area contributed by atoms with Crippen LogP contribution in [0.3, 0.4) is 0 Å². The van der Waals surface area contributed by atoms with E-state index in [1.807, 2.05) is 11.3 Å². The number of fused-ring (bicyclic) bond motifs is 9. The lowest BCUT2D eigenvalue weighted by atomic mass is 9.98. The van der Waals surface area contributed by atoms with Crippen molar-refractivity contribution >= 4 is 92.1 Å². The first-order chi connectivity index (χ1) is 26.3. The summed E-state index contributed by atoms with van der Waals surface area (Å²) in [6.07, 6.45) is 0. The van der Waals surface area contributed by atoms with Crippen molar-refractivity contribution in [1.82, 2.24) is 0 Å². The third-order valence-electron chi connectivity index (χ3n) is 10.6. The fraction of sp³-hybridized carbons (Fsp3) is 0. The second kappa shape index (κ2) is 11.9. The van der Waals surface area contributed by atoms with E-state index in [1.54, 1.807) is 0 Å². The molecule has 11 aromatic rings. The lowest BCUT2D eigenvalue weighted by Crippen LogP contribution is -2.10. The number of thiophene rings is 1. The molecule has 0 atom stereocenters. The summed E-state index contributed by atoms with van der Waals surface area (Å²) < 4.78 is 9.10. The van der Waals surface area contributed by atoms with Gasteiger partial charge in [-0.05, 0) is 98.4 Å². The van der Waals surface area contributed by atoms with Crippen LogP contribution in [-0.2, 0) is 0 Å². The number of furan rings is 1. The third kappa shape index (κ3) is 4.86. The van der Waals surface area contributed by atoms with Gasteiger partial charge in [-0.1, -0.05) is 133 Å². The number of benzene rings is 9. The molecule has 248 valence electrons. The number of anilines is 3. The quantitative estimate of drug-likeness (QED) is 0.167. The maximum absolute atomic E-state index is 6.53. The van der Waals surface area contributed by atoms with Gasteiger partial charge in [0.2, 0.25) is 0 Å². The summed E-state index contributed by atoms with van der Waals surface area (Å²) in [7, 11) is 0. The predicted octanol–water partition coefficient (Wildman–Crippen LogP) is 15.1. The van der Waals surface area contributed by atoms with E-state index in [1.165, 1.54) is 58.4 Å². The minimum absolute atomic E-state index is 0.879. The van der Waals surface area contributed by atoms with E-state index in [2.05, 4.69) is 193 Å². The molecule has 0 aliphatic rings. The van der Waals surface area contributed by atoms with Gasteiger partial charge >= 0.3 is 0 Å². The van der Waals surface area contributed by atoms with Crippen LogP contribution >= 0.6 is 11.3 Å². The molecule has 2 heterocycles. The fourth-order valence-corrected chi connectivity index (χ4v) is 9.37. The Labute approximate surface area is 310 Å². The molecule has 2 nitrogen and oxygen atoms in total. The van der Waals surface area contributed by atoms with Crippen molar-refractivity contribution in [3.63, 3.8) is 0 Å². The van der Waals surface area contributed by atoms with Crippen LogP contribution in [0.4, 0.5) is 17.1 Å². The van der Waals surface area contributed by atoms with Crippen LogP contribution in [0, 0.1) is 0 Å². The molecule has 3 heteroatoms. The summed E-state index contributed by atoms with van der Waals surface area (Å²) in [5.74, 6) is 0. The maximum atomic E-state index is 6.53. The van der Waals surface area contributed by atoms with Crippen molar-refractivity contribution in [1.29, 1.82) is 0 Å². The van der Waals surface area contributed by atoms with Gasteiger partial charge in [0.1, 0.15) is 11.2 Å². The van der Waals surface area contributed by atoms with Crippen LogP contribution in [0.1, 0.15) is 0 Å². The van der Waals surface area contributed by atoms with E-state index in [0.717, 1.165) is 44.6 Å². The Morgan fingerprint density at radius 3 is 1.89 bits per heavy atom. The molecular formula is C50H31NOS. The number of hydrogen-bond donors (Lipinski definition) is 0. The maximum Gasteiger partial charge on any atom is 0.136 e. The topological polar surface area (TPSA) is 16.4 Å². The average molecular weight is 694 g/mol. The van der Waals surface area contributed by atoms with E-state index in [4.69, 9.17) is 4.42 Å². The molecule has 0 amide bonds. The molecule has 2 aromatic heterocycles. The third-order valence-corrected chi connectivity index (χ3v) is 11.8. The molecule has 11 rings (SSSR count). The van der Waals surface area contributed by atoms with Crippen LogP contribution < -0.4 is 4.90 Å². The molecule has 0 radical (unpaired) electrons. The van der Waals surface area contributed by atoms with Crippen LogP contribution in [0.25, 0.3) is 85.9 Å². The SMILES string of the molecule is c1ccc(-c2ccc3c(c2)oc2ccc(N(c4ccc5ccc6ccccc6c5c4)c4ccc(-c5ccccc5)c5sc6ccccc6c45)cc23)cc1. The molecule has 0 N–H and O–H groups in total. The highest BCUT2D eigenvalue weighted by Gasteiger charge is 2.22. The molecule has 0 saturated heterocycles. The monoisotopic (exact) mass is 693 g/mol. The summed E-state index contributed by atoms with van der Waals surface area (Å²) in [6.45, 7) is 0. The molecular weight excluding hydrogens is 663 g/mol. The zero-order valence-electron chi connectivity index (χ0n) is 28.7. The van der Waals surface area contributed by atoms with Gasteiger partial charge in [0.25, 0.3) is 0 Å². The first-order valence-electron chi connectivity index (χ1n) is 18.0. The second-order valence-corrected chi connectivity index (χ2v) is 14.7. The van der Waals surface area contributed by atoms with Crippen LogP contribution in [0.15, 0.2) is 192 Å². The predicted molar refractivity (Wildman–Crippen MR) is 227 cm³/mol. The zero-order chi connectivity index (χ0) is 34.9. The largest absolute Gasteiger partial charge is 0.456 e. The second-order valence-electron chi connectivity index (χ2n) is 13.7. The van der Waals surface area contributed by atoms with Gasteiger partial charge in [-0.2, -0.15) is 0 Å². The van der Waals surface area contributed by atoms with Gasteiger partial charge in [0.05, 0.1) is 5.69 Å². The molecule has 53 heavy (non-hydrogen) atoms. The number of rotatable bonds is 5. The molecule has 9 aromatic carbocycles. The van der Waals surface area contributed by atoms with E-state index in [-0.39, 0.29) is 0 Å².